The van der Waals surface area contributed by atoms with E-state index in [2.05, 4.69) is 0 Å². The normalized spacial score (nSPS) is 21.7. The Bertz CT molecular complexity index is 549. The first-order chi connectivity index (χ1) is 9.43. The van der Waals surface area contributed by atoms with Gasteiger partial charge in [-0.25, -0.2) is 0 Å². The molecule has 1 aliphatic rings. The number of nitrogens with two attached hydrogens (primary N) is 1. The van der Waals surface area contributed by atoms with E-state index in [-0.39, 0.29) is 29.8 Å². The molecule has 0 aromatic heterocycles. The van der Waals surface area contributed by atoms with E-state index in [9.17, 15) is 14.7 Å². The number of likely N-dealkylation sites (N-methyl/N-ethyl adjacent to an activating group) is 1. The number of rotatable bonds is 4. The number of amides is 1. The number of hydrogen-bond acceptors (Lipinski definition) is 4. The van der Waals surface area contributed by atoms with Gasteiger partial charge >= 0.3 is 5.97 Å². The molecule has 0 bridgehead atoms. The number of carbonyl (C=O) groups is 2. The van der Waals surface area contributed by atoms with Crippen molar-refractivity contribution in [2.45, 2.75) is 6.04 Å². The van der Waals surface area contributed by atoms with Crippen molar-refractivity contribution in [2.24, 2.45) is 11.7 Å². The highest BCUT2D eigenvalue weighted by Crippen LogP contribution is 2.31. The Hall–Kier alpha value is -1.79. The van der Waals surface area contributed by atoms with Crippen molar-refractivity contribution >= 4 is 29.2 Å². The summed E-state index contributed by atoms with van der Waals surface area (Å²) in [4.78, 5) is 24.4. The van der Waals surface area contributed by atoms with Gasteiger partial charge in [-0.2, -0.15) is 0 Å². The fourth-order valence-electron chi connectivity index (χ4n) is 2.39. The van der Waals surface area contributed by atoms with Gasteiger partial charge in [-0.3, -0.25) is 9.59 Å². The Labute approximate surface area is 121 Å². The monoisotopic (exact) mass is 298 g/mol. The molecule has 1 fully saturated rings. The second kappa shape index (κ2) is 5.68. The lowest BCUT2D eigenvalue weighted by molar-refractivity contribution is -0.141. The minimum atomic E-state index is -0.929. The molecule has 0 spiro atoms. The second-order valence-electron chi connectivity index (χ2n) is 4.66. The fourth-order valence-corrected chi connectivity index (χ4v) is 2.65. The molecule has 6 nitrogen and oxygen atoms in total. The molecule has 20 heavy (non-hydrogen) atoms. The summed E-state index contributed by atoms with van der Waals surface area (Å²) in [7, 11) is 1.70. The van der Waals surface area contributed by atoms with E-state index in [1.54, 1.807) is 30.1 Å². The number of carbonyl (C=O) groups excluding carboxylic acids is 1. The largest absolute Gasteiger partial charge is 0.481 e. The SMILES string of the molecule is CN(c1cccc(Cl)c1C(N)=O)C1COCC1C(=O)O. The third-order valence-corrected chi connectivity index (χ3v) is 3.80. The molecule has 1 heterocycles. The first-order valence-corrected chi connectivity index (χ1v) is 6.43. The van der Waals surface area contributed by atoms with Gasteiger partial charge in [0.05, 0.1) is 35.5 Å². The van der Waals surface area contributed by atoms with Crippen LogP contribution in [0.2, 0.25) is 5.02 Å². The molecule has 1 saturated heterocycles. The molecule has 108 valence electrons. The zero-order valence-electron chi connectivity index (χ0n) is 10.9. The first kappa shape index (κ1) is 14.6. The minimum absolute atomic E-state index is 0.150. The molecule has 0 radical (unpaired) electrons. The van der Waals surface area contributed by atoms with Gasteiger partial charge in [-0.15, -0.1) is 0 Å². The maximum absolute atomic E-state index is 11.5. The minimum Gasteiger partial charge on any atom is -0.481 e. The van der Waals surface area contributed by atoms with Crippen molar-refractivity contribution in [1.82, 2.24) is 0 Å². The number of ether oxygens (including phenoxy) is 1. The molecule has 1 aromatic carbocycles. The predicted molar refractivity (Wildman–Crippen MR) is 74.1 cm³/mol. The lowest BCUT2D eigenvalue weighted by atomic mass is 10.0. The number of carboxylic acid groups (broad SMARTS) is 1. The maximum atomic E-state index is 11.5. The molecular weight excluding hydrogens is 284 g/mol. The molecule has 1 aromatic rings. The number of anilines is 1. The van der Waals surface area contributed by atoms with E-state index in [0.717, 1.165) is 0 Å². The summed E-state index contributed by atoms with van der Waals surface area (Å²) < 4.78 is 5.23. The van der Waals surface area contributed by atoms with Gasteiger partial charge < -0.3 is 20.5 Å². The van der Waals surface area contributed by atoms with Crippen LogP contribution >= 0.6 is 11.6 Å². The fraction of sp³-hybridized carbons (Fsp3) is 0.385. The van der Waals surface area contributed by atoms with E-state index in [1.165, 1.54) is 0 Å². The second-order valence-corrected chi connectivity index (χ2v) is 5.07. The third kappa shape index (κ3) is 2.57. The first-order valence-electron chi connectivity index (χ1n) is 6.05. The quantitative estimate of drug-likeness (QED) is 0.864. The van der Waals surface area contributed by atoms with Crippen molar-refractivity contribution in [3.63, 3.8) is 0 Å². The Balaban J connectivity index is 2.39. The van der Waals surface area contributed by atoms with Crippen LogP contribution in [0.3, 0.4) is 0 Å². The summed E-state index contributed by atoms with van der Waals surface area (Å²) in [5, 5.41) is 9.43. The zero-order chi connectivity index (χ0) is 14.9. The van der Waals surface area contributed by atoms with Gasteiger partial charge in [0.15, 0.2) is 0 Å². The van der Waals surface area contributed by atoms with E-state index >= 15 is 0 Å². The van der Waals surface area contributed by atoms with E-state index in [1.807, 2.05) is 0 Å². The van der Waals surface area contributed by atoms with Crippen LogP contribution in [0.25, 0.3) is 0 Å². The molecule has 3 N–H and O–H groups in total. The Kier molecular flexibility index (Phi) is 4.15. The highest BCUT2D eigenvalue weighted by Gasteiger charge is 2.37. The number of hydrogen-bond donors (Lipinski definition) is 2. The number of aliphatic carboxylic acids is 1. The van der Waals surface area contributed by atoms with Gasteiger partial charge in [-0.05, 0) is 12.1 Å². The summed E-state index contributed by atoms with van der Waals surface area (Å²) in [6, 6.07) is 4.57. The van der Waals surface area contributed by atoms with Crippen molar-refractivity contribution in [3.8, 4) is 0 Å². The zero-order valence-corrected chi connectivity index (χ0v) is 11.6. The van der Waals surface area contributed by atoms with Crippen LogP contribution in [0, 0.1) is 5.92 Å². The van der Waals surface area contributed by atoms with Crippen LogP contribution in [0.5, 0.6) is 0 Å². The van der Waals surface area contributed by atoms with Crippen molar-refractivity contribution in [3.05, 3.63) is 28.8 Å². The van der Waals surface area contributed by atoms with Crippen LogP contribution < -0.4 is 10.6 Å². The van der Waals surface area contributed by atoms with Crippen LogP contribution in [-0.2, 0) is 9.53 Å². The Morgan fingerprint density at radius 3 is 2.75 bits per heavy atom. The molecule has 1 aliphatic heterocycles. The number of nitrogens with zero attached hydrogens (tertiary/aromatic N) is 1. The molecule has 0 saturated carbocycles. The van der Waals surface area contributed by atoms with Gasteiger partial charge in [0.1, 0.15) is 5.92 Å². The smallest absolute Gasteiger partial charge is 0.311 e. The maximum Gasteiger partial charge on any atom is 0.311 e. The molecule has 7 heteroatoms. The molecule has 2 atom stereocenters. The average molecular weight is 299 g/mol. The standard InChI is InChI=1S/C13H15ClN2O4/c1-16(10-6-20-5-7(10)13(18)19)9-4-2-3-8(14)11(9)12(15)17/h2-4,7,10H,5-6H2,1H3,(H2,15,17)(H,18,19). The number of benzene rings is 1. The van der Waals surface area contributed by atoms with Crippen LogP contribution in [-0.4, -0.2) is 43.3 Å². The van der Waals surface area contributed by atoms with E-state index in [0.29, 0.717) is 5.69 Å². The number of carboxylic acids is 1. The molecule has 2 rings (SSSR count). The Morgan fingerprint density at radius 1 is 1.45 bits per heavy atom. The summed E-state index contributed by atoms with van der Waals surface area (Å²) in [6.07, 6.45) is 0. The Morgan fingerprint density at radius 2 is 2.15 bits per heavy atom. The van der Waals surface area contributed by atoms with Crippen LogP contribution in [0.4, 0.5) is 5.69 Å². The van der Waals surface area contributed by atoms with Gasteiger partial charge in [0, 0.05) is 7.05 Å². The van der Waals surface area contributed by atoms with E-state index < -0.39 is 17.8 Å². The van der Waals surface area contributed by atoms with Crippen molar-refractivity contribution < 1.29 is 19.4 Å². The number of primary amides is 1. The summed E-state index contributed by atoms with van der Waals surface area (Å²) in [5.74, 6) is -2.23. The van der Waals surface area contributed by atoms with E-state index in [4.69, 9.17) is 22.1 Å². The summed E-state index contributed by atoms with van der Waals surface area (Å²) >= 11 is 6.00. The predicted octanol–water partition coefficient (Wildman–Crippen LogP) is 0.975. The molecule has 1 amide bonds. The summed E-state index contributed by atoms with van der Waals surface area (Å²) in [5.41, 5.74) is 6.04. The lowest BCUT2D eigenvalue weighted by Crippen LogP contribution is -2.41. The van der Waals surface area contributed by atoms with Crippen LogP contribution in [0.1, 0.15) is 10.4 Å². The molecule has 2 unspecified atom stereocenters. The van der Waals surface area contributed by atoms with Crippen LogP contribution in [0.15, 0.2) is 18.2 Å². The van der Waals surface area contributed by atoms with Gasteiger partial charge in [0.25, 0.3) is 5.91 Å². The molecule has 0 aliphatic carbocycles. The summed E-state index contributed by atoms with van der Waals surface area (Å²) in [6.45, 7) is 0.426. The van der Waals surface area contributed by atoms with Crippen molar-refractivity contribution in [2.75, 3.05) is 25.2 Å². The average Bonchev–Trinajstić information content (AvgIpc) is 2.86. The highest BCUT2D eigenvalue weighted by atomic mass is 35.5. The topological polar surface area (TPSA) is 92.9 Å². The van der Waals surface area contributed by atoms with Gasteiger partial charge in [0.2, 0.25) is 0 Å². The van der Waals surface area contributed by atoms with Crippen molar-refractivity contribution in [1.29, 1.82) is 0 Å². The lowest BCUT2D eigenvalue weighted by Gasteiger charge is -2.29. The highest BCUT2D eigenvalue weighted by molar-refractivity contribution is 6.34. The third-order valence-electron chi connectivity index (χ3n) is 3.48. The van der Waals surface area contributed by atoms with Gasteiger partial charge in [-0.1, -0.05) is 17.7 Å². The molecular formula is C13H15ClN2O4. The number of halogens is 1.